The molecule has 1 unspecified atom stereocenters. The number of nitrogens with zero attached hydrogens (tertiary/aromatic N) is 1. The van der Waals surface area contributed by atoms with Crippen molar-refractivity contribution in [2.75, 3.05) is 26.2 Å². The van der Waals surface area contributed by atoms with Crippen molar-refractivity contribution in [2.24, 2.45) is 11.3 Å². The second-order valence-corrected chi connectivity index (χ2v) is 6.84. The van der Waals surface area contributed by atoms with E-state index < -0.39 is 5.97 Å². The van der Waals surface area contributed by atoms with E-state index in [0.29, 0.717) is 38.4 Å². The molecular formula is C15H28N2O4. The Hall–Kier alpha value is -1.30. The second-order valence-electron chi connectivity index (χ2n) is 6.84. The van der Waals surface area contributed by atoms with Crippen LogP contribution >= 0.6 is 0 Å². The van der Waals surface area contributed by atoms with Crippen LogP contribution in [0, 0.1) is 11.3 Å². The molecule has 6 heteroatoms. The van der Waals surface area contributed by atoms with E-state index in [1.54, 1.807) is 4.90 Å². The van der Waals surface area contributed by atoms with Crippen LogP contribution < -0.4 is 5.32 Å². The molecule has 2 amide bonds. The molecule has 0 radical (unpaired) electrons. The third-order valence-electron chi connectivity index (χ3n) is 4.21. The molecule has 1 aliphatic heterocycles. The quantitative estimate of drug-likeness (QED) is 0.813. The largest absolute Gasteiger partial charge is 0.480 e. The lowest BCUT2D eigenvalue weighted by Gasteiger charge is -2.33. The number of ether oxygens (including phenoxy) is 1. The van der Waals surface area contributed by atoms with Gasteiger partial charge in [0, 0.05) is 19.6 Å². The molecule has 1 rings (SSSR count). The van der Waals surface area contributed by atoms with Gasteiger partial charge in [0.05, 0.1) is 6.10 Å². The van der Waals surface area contributed by atoms with E-state index in [0.717, 1.165) is 0 Å². The Morgan fingerprint density at radius 3 is 2.38 bits per heavy atom. The summed E-state index contributed by atoms with van der Waals surface area (Å²) >= 11 is 0. The molecule has 0 aliphatic carbocycles. The molecule has 1 aliphatic rings. The Kier molecular flexibility index (Phi) is 6.45. The number of carbonyl (C=O) groups excluding carboxylic acids is 1. The van der Waals surface area contributed by atoms with Gasteiger partial charge in [-0.05, 0) is 24.2 Å². The number of carboxylic acid groups (broad SMARTS) is 1. The molecule has 0 spiro atoms. The maximum Gasteiger partial charge on any atom is 0.329 e. The first-order valence-electron chi connectivity index (χ1n) is 7.56. The van der Waals surface area contributed by atoms with Crippen molar-refractivity contribution >= 4 is 12.0 Å². The number of carboxylic acids is 1. The molecule has 122 valence electrons. The predicted molar refractivity (Wildman–Crippen MR) is 80.2 cm³/mol. The number of amides is 2. The Balaban J connectivity index is 2.27. The first-order valence-corrected chi connectivity index (χ1v) is 7.56. The monoisotopic (exact) mass is 300 g/mol. The zero-order valence-electron chi connectivity index (χ0n) is 13.5. The van der Waals surface area contributed by atoms with Gasteiger partial charge < -0.3 is 20.1 Å². The Morgan fingerprint density at radius 2 is 1.90 bits per heavy atom. The summed E-state index contributed by atoms with van der Waals surface area (Å²) in [6.45, 7) is 10.2. The molecule has 0 bridgehead atoms. The smallest absolute Gasteiger partial charge is 0.329 e. The average Bonchev–Trinajstić information content (AvgIpc) is 2.41. The van der Waals surface area contributed by atoms with Gasteiger partial charge >= 0.3 is 12.0 Å². The fourth-order valence-electron chi connectivity index (χ4n) is 2.07. The van der Waals surface area contributed by atoms with Gasteiger partial charge in [-0.2, -0.15) is 0 Å². The normalized spacial score (nSPS) is 18.4. The average molecular weight is 300 g/mol. The Bertz CT molecular complexity index is 357. The molecule has 0 aromatic heterocycles. The standard InChI is InChI=1S/C15H28N2O4/c1-11(15(2,3)4)9-16-14(20)17-7-5-12(6-8-17)21-10-13(18)19/h11-12H,5-10H2,1-4H3,(H,16,20)(H,18,19). The van der Waals surface area contributed by atoms with Gasteiger partial charge in [0.2, 0.25) is 0 Å². The van der Waals surface area contributed by atoms with Crippen LogP contribution in [0.4, 0.5) is 4.79 Å². The van der Waals surface area contributed by atoms with Crippen molar-refractivity contribution in [3.05, 3.63) is 0 Å². The SMILES string of the molecule is CC(CNC(=O)N1CCC(OCC(=O)O)CC1)C(C)(C)C. The highest BCUT2D eigenvalue weighted by Crippen LogP contribution is 2.24. The number of hydrogen-bond acceptors (Lipinski definition) is 3. The minimum Gasteiger partial charge on any atom is -0.480 e. The number of hydrogen-bond donors (Lipinski definition) is 2. The zero-order valence-corrected chi connectivity index (χ0v) is 13.5. The van der Waals surface area contributed by atoms with E-state index in [1.165, 1.54) is 0 Å². The van der Waals surface area contributed by atoms with Crippen LogP contribution in [-0.2, 0) is 9.53 Å². The van der Waals surface area contributed by atoms with Gasteiger partial charge in [-0.3, -0.25) is 0 Å². The fraction of sp³-hybridized carbons (Fsp3) is 0.867. The highest BCUT2D eigenvalue weighted by molar-refractivity contribution is 5.74. The summed E-state index contributed by atoms with van der Waals surface area (Å²) in [6.07, 6.45) is 1.32. The fourth-order valence-corrected chi connectivity index (χ4v) is 2.07. The highest BCUT2D eigenvalue weighted by atomic mass is 16.5. The molecule has 1 saturated heterocycles. The number of urea groups is 1. The summed E-state index contributed by atoms with van der Waals surface area (Å²) in [5.74, 6) is -0.552. The van der Waals surface area contributed by atoms with Crippen molar-refractivity contribution in [1.29, 1.82) is 0 Å². The summed E-state index contributed by atoms with van der Waals surface area (Å²) in [5.41, 5.74) is 0.172. The number of rotatable bonds is 5. The van der Waals surface area contributed by atoms with Crippen molar-refractivity contribution in [1.82, 2.24) is 10.2 Å². The summed E-state index contributed by atoms with van der Waals surface area (Å²) < 4.78 is 5.26. The molecule has 6 nitrogen and oxygen atoms in total. The zero-order chi connectivity index (χ0) is 16.0. The number of carbonyl (C=O) groups is 2. The van der Waals surface area contributed by atoms with Crippen LogP contribution in [0.1, 0.15) is 40.5 Å². The third kappa shape index (κ3) is 6.33. The molecule has 0 aromatic carbocycles. The van der Waals surface area contributed by atoms with Gasteiger partial charge in [-0.15, -0.1) is 0 Å². The van der Waals surface area contributed by atoms with E-state index in [1.807, 2.05) is 0 Å². The molecule has 0 aromatic rings. The van der Waals surface area contributed by atoms with Crippen LogP contribution in [0.2, 0.25) is 0 Å². The Morgan fingerprint density at radius 1 is 1.33 bits per heavy atom. The van der Waals surface area contributed by atoms with Gasteiger partial charge in [0.15, 0.2) is 0 Å². The molecule has 1 fully saturated rings. The number of likely N-dealkylation sites (tertiary alicyclic amines) is 1. The van der Waals surface area contributed by atoms with Crippen LogP contribution in [0.3, 0.4) is 0 Å². The van der Waals surface area contributed by atoms with Crippen molar-refractivity contribution in [3.8, 4) is 0 Å². The van der Waals surface area contributed by atoms with E-state index in [4.69, 9.17) is 9.84 Å². The van der Waals surface area contributed by atoms with Crippen LogP contribution in [0.25, 0.3) is 0 Å². The third-order valence-corrected chi connectivity index (χ3v) is 4.21. The molecular weight excluding hydrogens is 272 g/mol. The Labute approximate surface area is 126 Å². The minimum absolute atomic E-state index is 0.0391. The van der Waals surface area contributed by atoms with Crippen LogP contribution in [0.5, 0.6) is 0 Å². The van der Waals surface area contributed by atoms with Crippen molar-refractivity contribution in [3.63, 3.8) is 0 Å². The van der Waals surface area contributed by atoms with Crippen molar-refractivity contribution < 1.29 is 19.4 Å². The maximum absolute atomic E-state index is 12.1. The molecule has 21 heavy (non-hydrogen) atoms. The summed E-state index contributed by atoms with van der Waals surface area (Å²) in [7, 11) is 0. The lowest BCUT2D eigenvalue weighted by molar-refractivity contribution is -0.145. The topological polar surface area (TPSA) is 78.9 Å². The van der Waals surface area contributed by atoms with E-state index in [2.05, 4.69) is 33.0 Å². The lowest BCUT2D eigenvalue weighted by Crippen LogP contribution is -2.47. The van der Waals surface area contributed by atoms with Gasteiger partial charge in [-0.25, -0.2) is 9.59 Å². The number of nitrogens with one attached hydrogen (secondary N) is 1. The second kappa shape index (κ2) is 7.64. The minimum atomic E-state index is -0.952. The highest BCUT2D eigenvalue weighted by Gasteiger charge is 2.25. The van der Waals surface area contributed by atoms with Crippen LogP contribution in [0.15, 0.2) is 0 Å². The molecule has 2 N–H and O–H groups in total. The summed E-state index contributed by atoms with van der Waals surface area (Å²) in [6, 6.07) is -0.0391. The predicted octanol–water partition coefficient (Wildman–Crippen LogP) is 1.94. The van der Waals surface area contributed by atoms with E-state index in [9.17, 15) is 9.59 Å². The first-order chi connectivity index (χ1) is 9.70. The van der Waals surface area contributed by atoms with E-state index in [-0.39, 0.29) is 24.2 Å². The lowest BCUT2D eigenvalue weighted by atomic mass is 9.82. The van der Waals surface area contributed by atoms with Gasteiger partial charge in [0.25, 0.3) is 0 Å². The molecule has 1 heterocycles. The number of aliphatic carboxylic acids is 1. The summed E-state index contributed by atoms with van der Waals surface area (Å²) in [4.78, 5) is 24.3. The van der Waals surface area contributed by atoms with E-state index >= 15 is 0 Å². The summed E-state index contributed by atoms with van der Waals surface area (Å²) in [5, 5.41) is 11.5. The maximum atomic E-state index is 12.1. The molecule has 0 saturated carbocycles. The first kappa shape index (κ1) is 17.8. The molecule has 1 atom stereocenters. The van der Waals surface area contributed by atoms with Gasteiger partial charge in [-0.1, -0.05) is 27.7 Å². The van der Waals surface area contributed by atoms with Gasteiger partial charge in [0.1, 0.15) is 6.61 Å². The number of piperidine rings is 1. The van der Waals surface area contributed by atoms with Crippen LogP contribution in [-0.4, -0.2) is 54.4 Å². The van der Waals surface area contributed by atoms with Crippen molar-refractivity contribution in [2.45, 2.75) is 46.6 Å².